The highest BCUT2D eigenvalue weighted by Crippen LogP contribution is 2.24. The van der Waals surface area contributed by atoms with Gasteiger partial charge < -0.3 is 14.3 Å². The predicted molar refractivity (Wildman–Crippen MR) is 78.4 cm³/mol. The minimum Gasteiger partial charge on any atom is -0.480 e. The Hall–Kier alpha value is -2.80. The lowest BCUT2D eigenvalue weighted by Gasteiger charge is -2.05. The number of rotatable bonds is 6. The van der Waals surface area contributed by atoms with E-state index in [4.69, 9.17) is 25.9 Å². The molecule has 1 heterocycles. The van der Waals surface area contributed by atoms with Crippen LogP contribution in [-0.2, 0) is 4.79 Å². The Morgan fingerprint density at radius 3 is 2.86 bits per heavy atom. The molecule has 22 heavy (non-hydrogen) atoms. The topological polar surface area (TPSA) is 101 Å². The summed E-state index contributed by atoms with van der Waals surface area (Å²) in [7, 11) is 0. The molecule has 0 aliphatic heterocycles. The lowest BCUT2D eigenvalue weighted by atomic mass is 10.2. The van der Waals surface area contributed by atoms with Gasteiger partial charge in [0, 0.05) is 0 Å². The number of benzene rings is 1. The van der Waals surface area contributed by atoms with Crippen LogP contribution < -0.4 is 10.2 Å². The SMILES string of the molecule is O=C(O)COc1ccc(/C=N\NC(=O)c2ccco2)cc1Cl. The second kappa shape index (κ2) is 7.28. The number of nitrogens with one attached hydrogen (secondary N) is 1. The molecule has 0 bridgehead atoms. The van der Waals surface area contributed by atoms with Crippen molar-refractivity contribution in [1.82, 2.24) is 5.43 Å². The van der Waals surface area contributed by atoms with Crippen molar-refractivity contribution in [3.8, 4) is 5.75 Å². The highest BCUT2D eigenvalue weighted by molar-refractivity contribution is 6.32. The quantitative estimate of drug-likeness (QED) is 0.627. The van der Waals surface area contributed by atoms with Crippen molar-refractivity contribution in [1.29, 1.82) is 0 Å². The molecule has 0 atom stereocenters. The van der Waals surface area contributed by atoms with Crippen molar-refractivity contribution in [3.63, 3.8) is 0 Å². The zero-order valence-corrected chi connectivity index (χ0v) is 11.9. The molecule has 0 aliphatic carbocycles. The normalized spacial score (nSPS) is 10.6. The van der Waals surface area contributed by atoms with Crippen LogP contribution in [0, 0.1) is 0 Å². The Labute approximate surface area is 130 Å². The molecule has 0 fully saturated rings. The van der Waals surface area contributed by atoms with Crippen LogP contribution in [0.1, 0.15) is 16.1 Å². The van der Waals surface area contributed by atoms with Gasteiger partial charge in [-0.2, -0.15) is 5.10 Å². The summed E-state index contributed by atoms with van der Waals surface area (Å²) < 4.78 is 9.89. The number of nitrogens with zero attached hydrogens (tertiary/aromatic N) is 1. The standard InChI is InChI=1S/C14H11ClN2O5/c15-10-6-9(3-4-11(10)22-8-13(18)19)7-16-17-14(20)12-2-1-5-21-12/h1-7H,8H2,(H,17,20)(H,18,19)/b16-7-. The van der Waals surface area contributed by atoms with E-state index in [1.807, 2.05) is 0 Å². The third-order valence-electron chi connectivity index (χ3n) is 2.43. The Kier molecular flexibility index (Phi) is 5.16. The first kappa shape index (κ1) is 15.6. The molecule has 0 unspecified atom stereocenters. The number of ether oxygens (including phenoxy) is 1. The summed E-state index contributed by atoms with van der Waals surface area (Å²) in [6, 6.07) is 7.76. The predicted octanol–water partition coefficient (Wildman–Crippen LogP) is 2.16. The fourth-order valence-electron chi connectivity index (χ4n) is 1.48. The van der Waals surface area contributed by atoms with Gasteiger partial charge in [-0.05, 0) is 35.9 Å². The van der Waals surface area contributed by atoms with Crippen LogP contribution >= 0.6 is 11.6 Å². The van der Waals surface area contributed by atoms with Crippen molar-refractivity contribution in [3.05, 3.63) is 52.9 Å². The number of hydrogen-bond donors (Lipinski definition) is 2. The molecule has 2 aromatic rings. The fraction of sp³-hybridized carbons (Fsp3) is 0.0714. The molecule has 0 saturated heterocycles. The Morgan fingerprint density at radius 2 is 2.23 bits per heavy atom. The molecular weight excluding hydrogens is 312 g/mol. The number of hydrazone groups is 1. The van der Waals surface area contributed by atoms with Crippen molar-refractivity contribution in [2.45, 2.75) is 0 Å². The smallest absolute Gasteiger partial charge is 0.341 e. The number of carbonyl (C=O) groups is 2. The minimum absolute atomic E-state index is 0.146. The van der Waals surface area contributed by atoms with Crippen LogP contribution in [0.15, 0.2) is 46.1 Å². The third kappa shape index (κ3) is 4.35. The lowest BCUT2D eigenvalue weighted by Crippen LogP contribution is -2.16. The molecule has 2 N–H and O–H groups in total. The first-order chi connectivity index (χ1) is 10.6. The van der Waals surface area contributed by atoms with Gasteiger partial charge in [0.05, 0.1) is 17.5 Å². The molecule has 1 amide bonds. The van der Waals surface area contributed by atoms with Crippen LogP contribution in [0.25, 0.3) is 0 Å². The monoisotopic (exact) mass is 322 g/mol. The summed E-state index contributed by atoms with van der Waals surface area (Å²) in [5.74, 6) is -1.18. The zero-order valence-electron chi connectivity index (χ0n) is 11.2. The van der Waals surface area contributed by atoms with E-state index in [1.54, 1.807) is 12.1 Å². The number of carboxylic acids is 1. The van der Waals surface area contributed by atoms with E-state index in [0.29, 0.717) is 5.56 Å². The molecular formula is C14H11ClN2O5. The zero-order chi connectivity index (χ0) is 15.9. The van der Waals surface area contributed by atoms with E-state index in [-0.39, 0.29) is 16.5 Å². The van der Waals surface area contributed by atoms with Gasteiger partial charge in [0.25, 0.3) is 0 Å². The van der Waals surface area contributed by atoms with Crippen molar-refractivity contribution in [2.24, 2.45) is 5.10 Å². The van der Waals surface area contributed by atoms with Gasteiger partial charge in [-0.1, -0.05) is 11.6 Å². The highest BCUT2D eigenvalue weighted by atomic mass is 35.5. The molecule has 114 valence electrons. The van der Waals surface area contributed by atoms with Gasteiger partial charge in [-0.25, -0.2) is 10.2 Å². The summed E-state index contributed by atoms with van der Waals surface area (Å²) in [5.41, 5.74) is 2.90. The summed E-state index contributed by atoms with van der Waals surface area (Å²) in [6.45, 7) is -0.480. The van der Waals surface area contributed by atoms with Gasteiger partial charge in [-0.3, -0.25) is 4.79 Å². The van der Waals surface area contributed by atoms with E-state index in [1.165, 1.54) is 30.7 Å². The van der Waals surface area contributed by atoms with Crippen LogP contribution in [0.5, 0.6) is 5.75 Å². The van der Waals surface area contributed by atoms with Gasteiger partial charge in [0.1, 0.15) is 5.75 Å². The Bertz CT molecular complexity index is 697. The number of furan rings is 1. The first-order valence-electron chi connectivity index (χ1n) is 6.07. The maximum absolute atomic E-state index is 11.5. The van der Waals surface area contributed by atoms with E-state index < -0.39 is 18.5 Å². The maximum Gasteiger partial charge on any atom is 0.341 e. The lowest BCUT2D eigenvalue weighted by molar-refractivity contribution is -0.139. The van der Waals surface area contributed by atoms with E-state index in [0.717, 1.165) is 0 Å². The summed E-state index contributed by atoms with van der Waals surface area (Å²) in [6.07, 6.45) is 2.77. The number of halogens is 1. The number of hydrogen-bond acceptors (Lipinski definition) is 5. The molecule has 8 heteroatoms. The molecule has 2 rings (SSSR count). The average Bonchev–Trinajstić information content (AvgIpc) is 3.00. The van der Waals surface area contributed by atoms with Gasteiger partial charge in [0.15, 0.2) is 12.4 Å². The second-order valence-corrected chi connectivity index (χ2v) is 4.46. The maximum atomic E-state index is 11.5. The molecule has 1 aromatic heterocycles. The van der Waals surface area contributed by atoms with E-state index in [9.17, 15) is 9.59 Å². The summed E-state index contributed by atoms with van der Waals surface area (Å²) >= 11 is 5.95. The first-order valence-corrected chi connectivity index (χ1v) is 6.45. The van der Waals surface area contributed by atoms with Crippen LogP contribution in [-0.4, -0.2) is 29.8 Å². The Balaban J connectivity index is 1.95. The second-order valence-electron chi connectivity index (χ2n) is 4.05. The minimum atomic E-state index is -1.10. The Morgan fingerprint density at radius 1 is 1.41 bits per heavy atom. The van der Waals surface area contributed by atoms with Gasteiger partial charge in [0.2, 0.25) is 0 Å². The largest absolute Gasteiger partial charge is 0.480 e. The third-order valence-corrected chi connectivity index (χ3v) is 2.73. The van der Waals surface area contributed by atoms with Gasteiger partial charge >= 0.3 is 11.9 Å². The number of carbonyl (C=O) groups excluding carboxylic acids is 1. The molecule has 0 spiro atoms. The molecule has 1 aromatic carbocycles. The van der Waals surface area contributed by atoms with Crippen molar-refractivity contribution in [2.75, 3.05) is 6.61 Å². The van der Waals surface area contributed by atoms with Crippen molar-refractivity contribution >= 4 is 29.7 Å². The molecule has 7 nitrogen and oxygen atoms in total. The fourth-order valence-corrected chi connectivity index (χ4v) is 1.73. The average molecular weight is 323 g/mol. The number of amides is 1. The molecule has 0 saturated carbocycles. The highest BCUT2D eigenvalue weighted by Gasteiger charge is 2.07. The van der Waals surface area contributed by atoms with Crippen LogP contribution in [0.3, 0.4) is 0 Å². The number of carboxylic acid groups (broad SMARTS) is 1. The van der Waals surface area contributed by atoms with Gasteiger partial charge in [-0.15, -0.1) is 0 Å². The van der Waals surface area contributed by atoms with Crippen LogP contribution in [0.2, 0.25) is 5.02 Å². The molecule has 0 aliphatic rings. The van der Waals surface area contributed by atoms with E-state index >= 15 is 0 Å². The van der Waals surface area contributed by atoms with Crippen LogP contribution in [0.4, 0.5) is 0 Å². The number of aliphatic carboxylic acids is 1. The summed E-state index contributed by atoms with van der Waals surface area (Å²) in [4.78, 5) is 22.0. The van der Waals surface area contributed by atoms with E-state index in [2.05, 4.69) is 10.5 Å². The van der Waals surface area contributed by atoms with Crippen molar-refractivity contribution < 1.29 is 23.8 Å². The summed E-state index contributed by atoms with van der Waals surface area (Å²) in [5, 5.41) is 12.5. The molecule has 0 radical (unpaired) electrons.